The first-order chi connectivity index (χ1) is 10.5. The third-order valence-electron chi connectivity index (χ3n) is 3.98. The lowest BCUT2D eigenvalue weighted by molar-refractivity contribution is -0.151. The first-order valence-electron chi connectivity index (χ1n) is 7.05. The van der Waals surface area contributed by atoms with Crippen molar-refractivity contribution in [3.63, 3.8) is 0 Å². The number of carboxylic acid groups (broad SMARTS) is 1. The van der Waals surface area contributed by atoms with Crippen LogP contribution in [0.15, 0.2) is 22.9 Å². The molecule has 2 aromatic rings. The average molecular weight is 303 g/mol. The van der Waals surface area contributed by atoms with Gasteiger partial charge in [-0.3, -0.25) is 9.48 Å². The molecule has 0 saturated carbocycles. The molecule has 22 heavy (non-hydrogen) atoms. The molecule has 1 N–H and O–H groups in total. The standard InChI is InChI=1S/C15H17N3O4/c1-9-10(8-17(2)16-9)7-13(19)18-5-3-12-11(4-6-22-12)14(18)15(20)21/h4,6,8,14H,3,5,7H2,1-2H3,(H,20,21). The molecule has 116 valence electrons. The zero-order valence-electron chi connectivity index (χ0n) is 12.4. The van der Waals surface area contributed by atoms with Gasteiger partial charge in [-0.1, -0.05) is 0 Å². The molecule has 0 spiro atoms. The van der Waals surface area contributed by atoms with Crippen molar-refractivity contribution in [1.29, 1.82) is 0 Å². The number of aromatic nitrogens is 2. The van der Waals surface area contributed by atoms with Crippen LogP contribution in [0.4, 0.5) is 0 Å². The van der Waals surface area contributed by atoms with E-state index in [1.807, 2.05) is 6.92 Å². The third-order valence-corrected chi connectivity index (χ3v) is 3.98. The minimum absolute atomic E-state index is 0.149. The van der Waals surface area contributed by atoms with E-state index in [0.717, 1.165) is 11.3 Å². The van der Waals surface area contributed by atoms with Crippen molar-refractivity contribution in [2.75, 3.05) is 6.54 Å². The Morgan fingerprint density at radius 2 is 2.27 bits per heavy atom. The smallest absolute Gasteiger partial charge is 0.331 e. The maximum Gasteiger partial charge on any atom is 0.331 e. The predicted octanol–water partition coefficient (Wildman–Crippen LogP) is 1.07. The van der Waals surface area contributed by atoms with E-state index < -0.39 is 12.0 Å². The zero-order chi connectivity index (χ0) is 15.9. The van der Waals surface area contributed by atoms with Gasteiger partial charge in [-0.15, -0.1) is 0 Å². The highest BCUT2D eigenvalue weighted by Crippen LogP contribution is 2.31. The summed E-state index contributed by atoms with van der Waals surface area (Å²) in [6.45, 7) is 2.18. The van der Waals surface area contributed by atoms with Gasteiger partial charge in [-0.05, 0) is 13.0 Å². The van der Waals surface area contributed by atoms with Crippen LogP contribution in [0.1, 0.15) is 28.6 Å². The summed E-state index contributed by atoms with van der Waals surface area (Å²) in [5.41, 5.74) is 2.16. The van der Waals surface area contributed by atoms with E-state index in [4.69, 9.17) is 4.42 Å². The number of furan rings is 1. The van der Waals surface area contributed by atoms with Crippen molar-refractivity contribution in [1.82, 2.24) is 14.7 Å². The van der Waals surface area contributed by atoms with Crippen molar-refractivity contribution < 1.29 is 19.1 Å². The molecule has 2 aromatic heterocycles. The van der Waals surface area contributed by atoms with Gasteiger partial charge in [0.25, 0.3) is 0 Å². The molecule has 0 fully saturated rings. The van der Waals surface area contributed by atoms with Crippen LogP contribution in [-0.4, -0.2) is 38.2 Å². The fourth-order valence-corrected chi connectivity index (χ4v) is 2.94. The van der Waals surface area contributed by atoms with E-state index in [-0.39, 0.29) is 12.3 Å². The number of carboxylic acids is 1. The number of nitrogens with zero attached hydrogens (tertiary/aromatic N) is 3. The molecular weight excluding hydrogens is 286 g/mol. The highest BCUT2D eigenvalue weighted by atomic mass is 16.4. The average Bonchev–Trinajstić information content (AvgIpc) is 3.03. The lowest BCUT2D eigenvalue weighted by Gasteiger charge is -2.32. The molecule has 7 nitrogen and oxygen atoms in total. The third kappa shape index (κ3) is 2.38. The summed E-state index contributed by atoms with van der Waals surface area (Å²) in [6.07, 6.45) is 3.94. The number of carbonyl (C=O) groups excluding carboxylic acids is 1. The highest BCUT2D eigenvalue weighted by Gasteiger charge is 2.37. The first kappa shape index (κ1) is 14.4. The lowest BCUT2D eigenvalue weighted by atomic mass is 9.98. The summed E-state index contributed by atoms with van der Waals surface area (Å²) in [6, 6.07) is 0.648. The quantitative estimate of drug-likeness (QED) is 0.916. The maximum absolute atomic E-state index is 12.6. The number of rotatable bonds is 3. The maximum atomic E-state index is 12.6. The molecule has 3 heterocycles. The van der Waals surface area contributed by atoms with Gasteiger partial charge in [0.1, 0.15) is 5.76 Å². The van der Waals surface area contributed by atoms with Gasteiger partial charge in [0.05, 0.1) is 18.4 Å². The van der Waals surface area contributed by atoms with Crippen LogP contribution >= 0.6 is 0 Å². The van der Waals surface area contributed by atoms with Gasteiger partial charge in [0.2, 0.25) is 5.91 Å². The van der Waals surface area contributed by atoms with Gasteiger partial charge in [-0.25, -0.2) is 4.79 Å². The molecule has 1 atom stereocenters. The van der Waals surface area contributed by atoms with E-state index in [1.165, 1.54) is 11.2 Å². The first-order valence-corrected chi connectivity index (χ1v) is 7.05. The van der Waals surface area contributed by atoms with Crippen molar-refractivity contribution in [2.24, 2.45) is 7.05 Å². The number of carbonyl (C=O) groups is 2. The van der Waals surface area contributed by atoms with Crippen LogP contribution < -0.4 is 0 Å². The Bertz CT molecular complexity index is 731. The molecule has 0 saturated heterocycles. The Balaban J connectivity index is 1.86. The molecule has 0 aromatic carbocycles. The summed E-state index contributed by atoms with van der Waals surface area (Å²) < 4.78 is 6.94. The van der Waals surface area contributed by atoms with Gasteiger partial charge in [0, 0.05) is 37.3 Å². The van der Waals surface area contributed by atoms with E-state index >= 15 is 0 Å². The number of amides is 1. The monoisotopic (exact) mass is 303 g/mol. The SMILES string of the molecule is Cc1nn(C)cc1CC(=O)N1CCc2occc2C1C(=O)O. The minimum Gasteiger partial charge on any atom is -0.479 e. The Morgan fingerprint density at radius 1 is 1.50 bits per heavy atom. The second-order valence-corrected chi connectivity index (χ2v) is 5.47. The molecule has 1 amide bonds. The Kier molecular flexibility index (Phi) is 3.48. The number of aryl methyl sites for hydroxylation is 2. The Morgan fingerprint density at radius 3 is 2.91 bits per heavy atom. The largest absolute Gasteiger partial charge is 0.479 e. The van der Waals surface area contributed by atoms with Gasteiger partial charge >= 0.3 is 5.97 Å². The molecule has 1 unspecified atom stereocenters. The zero-order valence-corrected chi connectivity index (χ0v) is 12.4. The molecular formula is C15H17N3O4. The molecule has 0 radical (unpaired) electrons. The fraction of sp³-hybridized carbons (Fsp3) is 0.400. The Hall–Kier alpha value is -2.57. The van der Waals surface area contributed by atoms with Crippen LogP contribution in [0.5, 0.6) is 0 Å². The second kappa shape index (κ2) is 5.32. The number of fused-ring (bicyclic) bond motifs is 1. The number of aliphatic carboxylic acids is 1. The van der Waals surface area contributed by atoms with Crippen molar-refractivity contribution >= 4 is 11.9 Å². The van der Waals surface area contributed by atoms with Crippen LogP contribution in [0.25, 0.3) is 0 Å². The van der Waals surface area contributed by atoms with Crippen molar-refractivity contribution in [3.8, 4) is 0 Å². The van der Waals surface area contributed by atoms with E-state index in [9.17, 15) is 14.7 Å². The van der Waals surface area contributed by atoms with Crippen molar-refractivity contribution in [2.45, 2.75) is 25.8 Å². The van der Waals surface area contributed by atoms with Gasteiger partial charge < -0.3 is 14.4 Å². The summed E-state index contributed by atoms with van der Waals surface area (Å²) in [4.78, 5) is 25.6. The molecule has 1 aliphatic rings. The molecule has 0 bridgehead atoms. The molecule has 3 rings (SSSR count). The van der Waals surface area contributed by atoms with E-state index in [0.29, 0.717) is 24.3 Å². The topological polar surface area (TPSA) is 88.6 Å². The van der Waals surface area contributed by atoms with Gasteiger partial charge in [0.15, 0.2) is 6.04 Å². The van der Waals surface area contributed by atoms with Crippen molar-refractivity contribution in [3.05, 3.63) is 41.1 Å². The summed E-state index contributed by atoms with van der Waals surface area (Å²) in [5.74, 6) is -0.608. The molecule has 0 aliphatic carbocycles. The van der Waals surface area contributed by atoms with Gasteiger partial charge in [-0.2, -0.15) is 5.10 Å². The predicted molar refractivity (Wildman–Crippen MR) is 76.2 cm³/mol. The molecule has 7 heteroatoms. The Labute approximate surface area is 127 Å². The van der Waals surface area contributed by atoms with Crippen LogP contribution in [0.2, 0.25) is 0 Å². The van der Waals surface area contributed by atoms with E-state index in [2.05, 4.69) is 5.10 Å². The van der Waals surface area contributed by atoms with Crippen LogP contribution in [0, 0.1) is 6.92 Å². The minimum atomic E-state index is -1.04. The second-order valence-electron chi connectivity index (χ2n) is 5.47. The van der Waals surface area contributed by atoms with Crippen LogP contribution in [-0.2, 0) is 29.5 Å². The van der Waals surface area contributed by atoms with E-state index in [1.54, 1.807) is 24.0 Å². The summed E-state index contributed by atoms with van der Waals surface area (Å²) in [5, 5.41) is 13.7. The number of hydrogen-bond acceptors (Lipinski definition) is 4. The lowest BCUT2D eigenvalue weighted by Crippen LogP contribution is -2.43. The van der Waals surface area contributed by atoms with Crippen LogP contribution in [0.3, 0.4) is 0 Å². The fourth-order valence-electron chi connectivity index (χ4n) is 2.94. The highest BCUT2D eigenvalue weighted by molar-refractivity contribution is 5.86. The summed E-state index contributed by atoms with van der Waals surface area (Å²) >= 11 is 0. The summed E-state index contributed by atoms with van der Waals surface area (Å²) in [7, 11) is 1.79. The normalized spacial score (nSPS) is 17.4. The molecule has 1 aliphatic heterocycles. The number of hydrogen-bond donors (Lipinski definition) is 1.